The number of nitrogens with two attached hydrogens (primary N) is 1. The molecule has 8 heteroatoms. The lowest BCUT2D eigenvalue weighted by molar-refractivity contribution is 0.174. The second-order valence-corrected chi connectivity index (χ2v) is 6.86. The number of para-hydroxylation sites is 1. The van der Waals surface area contributed by atoms with E-state index in [4.69, 9.17) is 19.9 Å². The SMILES string of the molecule is Cc1ccc2cccc(Oc3ncnc(NCc4ccc5c(c4)OCO5)c3N)c2n1. The van der Waals surface area contributed by atoms with E-state index in [1.165, 1.54) is 6.33 Å². The Morgan fingerprint density at radius 3 is 2.90 bits per heavy atom. The van der Waals surface area contributed by atoms with Crippen molar-refractivity contribution in [2.24, 2.45) is 0 Å². The van der Waals surface area contributed by atoms with Crippen LogP contribution in [0.4, 0.5) is 11.5 Å². The number of anilines is 2. The van der Waals surface area contributed by atoms with Gasteiger partial charge >= 0.3 is 0 Å². The molecule has 3 heterocycles. The highest BCUT2D eigenvalue weighted by atomic mass is 16.7. The fourth-order valence-electron chi connectivity index (χ4n) is 3.24. The van der Waals surface area contributed by atoms with E-state index in [9.17, 15) is 0 Å². The maximum Gasteiger partial charge on any atom is 0.248 e. The highest BCUT2D eigenvalue weighted by molar-refractivity contribution is 5.85. The van der Waals surface area contributed by atoms with Crippen molar-refractivity contribution in [3.8, 4) is 23.1 Å². The molecule has 0 saturated carbocycles. The third-order valence-electron chi connectivity index (χ3n) is 4.77. The molecule has 0 aliphatic carbocycles. The average molecular weight is 401 g/mol. The zero-order valence-corrected chi connectivity index (χ0v) is 16.3. The Bertz CT molecular complexity index is 1240. The van der Waals surface area contributed by atoms with E-state index in [0.29, 0.717) is 23.8 Å². The molecule has 0 fully saturated rings. The Kier molecular flexibility index (Phi) is 4.44. The van der Waals surface area contributed by atoms with Crippen LogP contribution in [0.25, 0.3) is 10.9 Å². The first kappa shape index (κ1) is 18.0. The molecule has 5 rings (SSSR count). The number of hydrogen-bond acceptors (Lipinski definition) is 8. The predicted octanol–water partition coefficient (Wildman–Crippen LogP) is 4.05. The van der Waals surface area contributed by atoms with E-state index in [1.54, 1.807) is 0 Å². The molecule has 2 aromatic heterocycles. The number of fused-ring (bicyclic) bond motifs is 2. The Labute approximate surface area is 172 Å². The molecule has 1 aliphatic rings. The van der Waals surface area contributed by atoms with Crippen molar-refractivity contribution < 1.29 is 14.2 Å². The van der Waals surface area contributed by atoms with Gasteiger partial charge in [0.25, 0.3) is 0 Å². The minimum atomic E-state index is 0.244. The van der Waals surface area contributed by atoms with Crippen LogP contribution in [0.5, 0.6) is 23.1 Å². The number of benzene rings is 2. The zero-order chi connectivity index (χ0) is 20.5. The van der Waals surface area contributed by atoms with Gasteiger partial charge in [0.05, 0.1) is 0 Å². The summed E-state index contributed by atoms with van der Waals surface area (Å²) in [5, 5.41) is 4.20. The smallest absolute Gasteiger partial charge is 0.248 e. The molecule has 0 unspecified atom stereocenters. The molecule has 2 aromatic carbocycles. The van der Waals surface area contributed by atoms with Crippen LogP contribution < -0.4 is 25.3 Å². The molecular weight excluding hydrogens is 382 g/mol. The van der Waals surface area contributed by atoms with Gasteiger partial charge in [-0.2, -0.15) is 4.98 Å². The third-order valence-corrected chi connectivity index (χ3v) is 4.77. The number of nitrogens with one attached hydrogen (secondary N) is 1. The van der Waals surface area contributed by atoms with Crippen LogP contribution in [0, 0.1) is 6.92 Å². The normalized spacial score (nSPS) is 12.2. The zero-order valence-electron chi connectivity index (χ0n) is 16.3. The summed E-state index contributed by atoms with van der Waals surface area (Å²) in [6.45, 7) is 2.69. The van der Waals surface area contributed by atoms with Gasteiger partial charge in [-0.05, 0) is 36.8 Å². The quantitative estimate of drug-likeness (QED) is 0.516. The van der Waals surface area contributed by atoms with E-state index in [1.807, 2.05) is 55.5 Å². The summed E-state index contributed by atoms with van der Waals surface area (Å²) in [7, 11) is 0. The summed E-state index contributed by atoms with van der Waals surface area (Å²) in [6.07, 6.45) is 1.41. The molecule has 1 aliphatic heterocycles. The van der Waals surface area contributed by atoms with Crippen molar-refractivity contribution in [2.45, 2.75) is 13.5 Å². The minimum absolute atomic E-state index is 0.244. The van der Waals surface area contributed by atoms with Gasteiger partial charge < -0.3 is 25.3 Å². The lowest BCUT2D eigenvalue weighted by atomic mass is 10.2. The Morgan fingerprint density at radius 2 is 1.97 bits per heavy atom. The van der Waals surface area contributed by atoms with Gasteiger partial charge in [-0.3, -0.25) is 0 Å². The van der Waals surface area contributed by atoms with Gasteiger partial charge in [0.2, 0.25) is 12.7 Å². The van der Waals surface area contributed by atoms with Crippen molar-refractivity contribution in [1.29, 1.82) is 0 Å². The van der Waals surface area contributed by atoms with Crippen LogP contribution in [0.1, 0.15) is 11.3 Å². The van der Waals surface area contributed by atoms with Crippen LogP contribution in [0.2, 0.25) is 0 Å². The Hall–Kier alpha value is -4.07. The van der Waals surface area contributed by atoms with Crippen LogP contribution in [-0.4, -0.2) is 21.7 Å². The highest BCUT2D eigenvalue weighted by Gasteiger charge is 2.15. The molecule has 3 N–H and O–H groups in total. The maximum atomic E-state index is 6.28. The second-order valence-electron chi connectivity index (χ2n) is 6.86. The van der Waals surface area contributed by atoms with Gasteiger partial charge in [0.15, 0.2) is 23.1 Å². The van der Waals surface area contributed by atoms with Gasteiger partial charge in [0, 0.05) is 17.6 Å². The molecule has 0 radical (unpaired) electrons. The van der Waals surface area contributed by atoms with Crippen LogP contribution in [0.3, 0.4) is 0 Å². The second kappa shape index (κ2) is 7.40. The van der Waals surface area contributed by atoms with Crippen molar-refractivity contribution >= 4 is 22.4 Å². The van der Waals surface area contributed by atoms with Crippen molar-refractivity contribution in [1.82, 2.24) is 15.0 Å². The summed E-state index contributed by atoms with van der Waals surface area (Å²) >= 11 is 0. The first-order valence-electron chi connectivity index (χ1n) is 9.44. The first-order chi connectivity index (χ1) is 14.7. The minimum Gasteiger partial charge on any atom is -0.454 e. The first-order valence-corrected chi connectivity index (χ1v) is 9.44. The number of ether oxygens (including phenoxy) is 3. The fraction of sp³-hybridized carbons (Fsp3) is 0.136. The number of nitrogen functional groups attached to an aromatic ring is 1. The third kappa shape index (κ3) is 3.39. The maximum absolute atomic E-state index is 6.28. The fourth-order valence-corrected chi connectivity index (χ4v) is 3.24. The molecule has 4 aromatic rings. The molecule has 150 valence electrons. The van der Waals surface area contributed by atoms with Gasteiger partial charge in [-0.25, -0.2) is 9.97 Å². The van der Waals surface area contributed by atoms with Gasteiger partial charge in [-0.1, -0.05) is 24.3 Å². The monoisotopic (exact) mass is 401 g/mol. The molecule has 0 atom stereocenters. The van der Waals surface area contributed by atoms with Crippen molar-refractivity contribution in [3.63, 3.8) is 0 Å². The molecule has 30 heavy (non-hydrogen) atoms. The number of rotatable bonds is 5. The van der Waals surface area contributed by atoms with Crippen LogP contribution >= 0.6 is 0 Å². The van der Waals surface area contributed by atoms with Crippen molar-refractivity contribution in [2.75, 3.05) is 17.8 Å². The number of nitrogens with zero attached hydrogens (tertiary/aromatic N) is 3. The summed E-state index contributed by atoms with van der Waals surface area (Å²) < 4.78 is 16.8. The molecule has 0 amide bonds. The molecule has 0 spiro atoms. The summed E-state index contributed by atoms with van der Waals surface area (Å²) in [6, 6.07) is 15.5. The van der Waals surface area contributed by atoms with Gasteiger partial charge in [-0.15, -0.1) is 0 Å². The lowest BCUT2D eigenvalue weighted by Crippen LogP contribution is -2.07. The van der Waals surface area contributed by atoms with E-state index < -0.39 is 0 Å². The van der Waals surface area contributed by atoms with E-state index >= 15 is 0 Å². The summed E-state index contributed by atoms with van der Waals surface area (Å²) in [5.74, 6) is 2.82. The molecular formula is C22H19N5O3. The molecule has 0 bridgehead atoms. The average Bonchev–Trinajstić information content (AvgIpc) is 3.22. The highest BCUT2D eigenvalue weighted by Crippen LogP contribution is 2.34. The van der Waals surface area contributed by atoms with E-state index in [-0.39, 0.29) is 12.7 Å². The Morgan fingerprint density at radius 1 is 1.07 bits per heavy atom. The van der Waals surface area contributed by atoms with Crippen molar-refractivity contribution in [3.05, 3.63) is 66.1 Å². The number of aryl methyl sites for hydroxylation is 1. The van der Waals surface area contributed by atoms with Crippen LogP contribution in [-0.2, 0) is 6.54 Å². The lowest BCUT2D eigenvalue weighted by Gasteiger charge is -2.13. The molecule has 8 nitrogen and oxygen atoms in total. The Balaban J connectivity index is 1.38. The van der Waals surface area contributed by atoms with Gasteiger partial charge in [0.1, 0.15) is 17.5 Å². The number of pyridine rings is 1. The predicted molar refractivity (Wildman–Crippen MR) is 113 cm³/mol. The van der Waals surface area contributed by atoms with Crippen LogP contribution in [0.15, 0.2) is 54.9 Å². The van der Waals surface area contributed by atoms with E-state index in [2.05, 4.69) is 20.3 Å². The topological polar surface area (TPSA) is 104 Å². The molecule has 0 saturated heterocycles. The summed E-state index contributed by atoms with van der Waals surface area (Å²) in [5.41, 5.74) is 9.27. The largest absolute Gasteiger partial charge is 0.454 e. The summed E-state index contributed by atoms with van der Waals surface area (Å²) in [4.78, 5) is 13.0. The van der Waals surface area contributed by atoms with E-state index in [0.717, 1.165) is 33.7 Å². The number of hydrogen-bond donors (Lipinski definition) is 2. The number of aromatic nitrogens is 3. The standard InChI is InChI=1S/C22H19N5O3/c1-13-5-7-15-3-2-4-17(20(15)27-13)30-22-19(23)21(25-11-26-22)24-10-14-6-8-16-18(9-14)29-12-28-16/h2-9,11H,10,12,23H2,1H3,(H,24,25,26).